The molecule has 0 aromatic carbocycles. The monoisotopic (exact) mass is 237 g/mol. The number of cyclic esters (lactones) is 1. The molecule has 2 atom stereocenters. The maximum atomic E-state index is 11.1. The molecule has 1 rings (SSSR count). The van der Waals surface area contributed by atoms with Crippen LogP contribution >= 0.6 is 0 Å². The van der Waals surface area contributed by atoms with Crippen molar-refractivity contribution in [3.63, 3.8) is 0 Å². The number of likely N-dealkylation sites (N-methyl/N-ethyl adjacent to an activating group) is 1. The minimum Gasteiger partial charge on any atom is -0.442 e. The smallest absolute Gasteiger partial charge is 0.307 e. The van der Waals surface area contributed by atoms with Crippen LogP contribution in [0, 0.1) is 0 Å². The zero-order valence-electron chi connectivity index (χ0n) is 8.71. The van der Waals surface area contributed by atoms with E-state index in [9.17, 15) is 13.2 Å². The Morgan fingerprint density at radius 3 is 2.53 bits per heavy atom. The Kier molecular flexibility index (Phi) is 3.69. The van der Waals surface area contributed by atoms with E-state index in [0.717, 1.165) is 0 Å². The normalized spacial score (nSPS) is 28.7. The van der Waals surface area contributed by atoms with E-state index in [2.05, 4.69) is 0 Å². The molecule has 0 amide bonds. The highest BCUT2D eigenvalue weighted by Crippen LogP contribution is 2.21. The Hall–Kier alpha value is -0.660. The summed E-state index contributed by atoms with van der Waals surface area (Å²) in [5, 5.41) is 0. The van der Waals surface area contributed by atoms with Crippen LogP contribution in [0.2, 0.25) is 0 Å². The molecule has 0 radical (unpaired) electrons. The van der Waals surface area contributed by atoms with E-state index in [1.165, 1.54) is 0 Å². The molecule has 1 N–H and O–H groups in total. The molecule has 0 saturated carbocycles. The maximum absolute atomic E-state index is 11.1. The topological polar surface area (TPSA) is 83.9 Å². The molecule has 1 aliphatic heterocycles. The van der Waals surface area contributed by atoms with Crippen LogP contribution in [0.4, 0.5) is 0 Å². The molecular weight excluding hydrogens is 222 g/mol. The van der Waals surface area contributed by atoms with Gasteiger partial charge in [0, 0.05) is 6.42 Å². The fourth-order valence-corrected chi connectivity index (χ4v) is 2.63. The van der Waals surface area contributed by atoms with Crippen molar-refractivity contribution in [2.75, 3.05) is 14.1 Å². The van der Waals surface area contributed by atoms with E-state index in [1.54, 1.807) is 19.0 Å². The van der Waals surface area contributed by atoms with Crippen LogP contribution < -0.4 is 0 Å². The summed E-state index contributed by atoms with van der Waals surface area (Å²) < 4.78 is 35.8. The van der Waals surface area contributed by atoms with Crippen LogP contribution in [0.15, 0.2) is 0 Å². The first-order valence-electron chi connectivity index (χ1n) is 4.64. The highest BCUT2D eigenvalue weighted by Gasteiger charge is 2.38. The minimum atomic E-state index is -4.36. The Morgan fingerprint density at radius 2 is 2.07 bits per heavy atom. The number of hydrogen-bond donors (Lipinski definition) is 1. The Bertz CT molecular complexity index is 337. The zero-order valence-corrected chi connectivity index (χ0v) is 9.53. The molecule has 1 heterocycles. The molecule has 6 nitrogen and oxygen atoms in total. The first kappa shape index (κ1) is 12.4. The molecule has 0 spiro atoms. The van der Waals surface area contributed by atoms with Crippen molar-refractivity contribution in [3.8, 4) is 0 Å². The molecule has 2 unspecified atom stereocenters. The zero-order chi connectivity index (χ0) is 11.6. The summed E-state index contributed by atoms with van der Waals surface area (Å²) in [6.45, 7) is 0. The summed E-state index contributed by atoms with van der Waals surface area (Å²) in [6.07, 6.45) is 1.26. The Morgan fingerprint density at radius 1 is 1.47 bits per heavy atom. The van der Waals surface area contributed by atoms with E-state index in [0.29, 0.717) is 12.8 Å². The lowest BCUT2D eigenvalue weighted by atomic mass is 10.1. The second-order valence-electron chi connectivity index (χ2n) is 3.80. The Labute approximate surface area is 89.0 Å². The van der Waals surface area contributed by atoms with Crippen molar-refractivity contribution < 1.29 is 22.5 Å². The van der Waals surface area contributed by atoms with Gasteiger partial charge in [-0.25, -0.2) is 0 Å². The number of esters is 1. The quantitative estimate of drug-likeness (QED) is 0.531. The molecule has 7 heteroatoms. The number of hydrogen-bond acceptors (Lipinski definition) is 5. The molecule has 0 aromatic rings. The van der Waals surface area contributed by atoms with Gasteiger partial charge in [-0.2, -0.15) is 8.42 Å². The third-order valence-corrected chi connectivity index (χ3v) is 3.40. The van der Waals surface area contributed by atoms with Gasteiger partial charge in [0.2, 0.25) is 5.44 Å². The first-order valence-corrected chi connectivity index (χ1v) is 6.15. The van der Waals surface area contributed by atoms with Gasteiger partial charge in [-0.05, 0) is 26.9 Å². The van der Waals surface area contributed by atoms with Gasteiger partial charge >= 0.3 is 16.1 Å². The van der Waals surface area contributed by atoms with Gasteiger partial charge in [-0.1, -0.05) is 0 Å². The van der Waals surface area contributed by atoms with Crippen molar-refractivity contribution in [1.29, 1.82) is 0 Å². The molecular formula is C8H15NO5S. The van der Waals surface area contributed by atoms with E-state index in [-0.39, 0.29) is 6.42 Å². The second kappa shape index (κ2) is 4.46. The average Bonchev–Trinajstić information content (AvgIpc) is 2.25. The van der Waals surface area contributed by atoms with Gasteiger partial charge in [-0.3, -0.25) is 9.35 Å². The SMILES string of the molecule is CN(C)C1CCCC(=O)OC1S(=O)(=O)O. The third kappa shape index (κ3) is 3.15. The van der Waals surface area contributed by atoms with Gasteiger partial charge in [0.15, 0.2) is 0 Å². The summed E-state index contributed by atoms with van der Waals surface area (Å²) in [6, 6.07) is -0.494. The third-order valence-electron chi connectivity index (χ3n) is 2.40. The summed E-state index contributed by atoms with van der Waals surface area (Å²) in [5.41, 5.74) is -1.47. The number of carbonyl (C=O) groups excluding carboxylic acids is 1. The van der Waals surface area contributed by atoms with Gasteiger partial charge < -0.3 is 9.64 Å². The average molecular weight is 237 g/mol. The number of nitrogens with zero attached hydrogens (tertiary/aromatic N) is 1. The lowest BCUT2D eigenvalue weighted by Gasteiger charge is -2.27. The lowest BCUT2D eigenvalue weighted by Crippen LogP contribution is -2.44. The lowest BCUT2D eigenvalue weighted by molar-refractivity contribution is -0.146. The van der Waals surface area contributed by atoms with Crippen molar-refractivity contribution >= 4 is 16.1 Å². The number of carbonyl (C=O) groups is 1. The van der Waals surface area contributed by atoms with Crippen molar-refractivity contribution in [2.45, 2.75) is 30.7 Å². The molecule has 15 heavy (non-hydrogen) atoms. The Balaban J connectivity index is 2.97. The van der Waals surface area contributed by atoms with E-state index in [1.807, 2.05) is 0 Å². The van der Waals surface area contributed by atoms with E-state index < -0.39 is 27.6 Å². The minimum absolute atomic E-state index is 0.191. The number of ether oxygens (including phenoxy) is 1. The fourth-order valence-electron chi connectivity index (χ4n) is 1.62. The highest BCUT2D eigenvalue weighted by molar-refractivity contribution is 7.86. The summed E-state index contributed by atoms with van der Waals surface area (Å²) in [5.74, 6) is -0.582. The fraction of sp³-hybridized carbons (Fsp3) is 0.875. The molecule has 1 fully saturated rings. The molecule has 1 aliphatic rings. The molecule has 0 aliphatic carbocycles. The van der Waals surface area contributed by atoms with Crippen molar-refractivity contribution in [2.24, 2.45) is 0 Å². The molecule has 0 bridgehead atoms. The van der Waals surface area contributed by atoms with Crippen molar-refractivity contribution in [3.05, 3.63) is 0 Å². The van der Waals surface area contributed by atoms with Crippen LogP contribution in [0.25, 0.3) is 0 Å². The predicted molar refractivity (Wildman–Crippen MR) is 52.8 cm³/mol. The van der Waals surface area contributed by atoms with Gasteiger partial charge in [0.1, 0.15) is 0 Å². The molecule has 88 valence electrons. The largest absolute Gasteiger partial charge is 0.442 e. The first-order chi connectivity index (χ1) is 6.82. The van der Waals surface area contributed by atoms with Crippen LogP contribution in [0.1, 0.15) is 19.3 Å². The summed E-state index contributed by atoms with van der Waals surface area (Å²) >= 11 is 0. The summed E-state index contributed by atoms with van der Waals surface area (Å²) in [7, 11) is -0.996. The molecule has 0 aromatic heterocycles. The predicted octanol–water partition coefficient (Wildman–Crippen LogP) is -0.142. The van der Waals surface area contributed by atoms with Crippen LogP contribution in [0.3, 0.4) is 0 Å². The van der Waals surface area contributed by atoms with Crippen molar-refractivity contribution in [1.82, 2.24) is 4.90 Å². The van der Waals surface area contributed by atoms with E-state index >= 15 is 0 Å². The van der Waals surface area contributed by atoms with Gasteiger partial charge in [-0.15, -0.1) is 0 Å². The maximum Gasteiger partial charge on any atom is 0.307 e. The van der Waals surface area contributed by atoms with Crippen LogP contribution in [-0.2, 0) is 19.6 Å². The molecule has 1 saturated heterocycles. The highest BCUT2D eigenvalue weighted by atomic mass is 32.2. The van der Waals surface area contributed by atoms with Gasteiger partial charge in [0.25, 0.3) is 0 Å². The van der Waals surface area contributed by atoms with Crippen LogP contribution in [-0.4, -0.2) is 49.4 Å². The van der Waals surface area contributed by atoms with Crippen LogP contribution in [0.5, 0.6) is 0 Å². The van der Waals surface area contributed by atoms with Gasteiger partial charge in [0.05, 0.1) is 6.04 Å². The van der Waals surface area contributed by atoms with E-state index in [4.69, 9.17) is 9.29 Å². The second-order valence-corrected chi connectivity index (χ2v) is 5.29. The number of rotatable bonds is 2. The standard InChI is InChI=1S/C8H15NO5S/c1-9(2)6-4-3-5-7(10)14-8(6)15(11,12)13/h6,8H,3-5H2,1-2H3,(H,11,12,13). The summed E-state index contributed by atoms with van der Waals surface area (Å²) in [4.78, 5) is 12.7.